The van der Waals surface area contributed by atoms with Gasteiger partial charge in [0, 0.05) is 12.1 Å². The van der Waals surface area contributed by atoms with E-state index >= 15 is 0 Å². The van der Waals surface area contributed by atoms with Gasteiger partial charge in [-0.3, -0.25) is 13.8 Å². The lowest BCUT2D eigenvalue weighted by atomic mass is 10.1. The Morgan fingerprint density at radius 1 is 1.10 bits per heavy atom. The monoisotopic (exact) mass is 422 g/mol. The third kappa shape index (κ3) is 3.70. The van der Waals surface area contributed by atoms with Crippen LogP contribution in [-0.2, 0) is 19.8 Å². The third-order valence-corrected chi connectivity index (χ3v) is 5.99. The van der Waals surface area contributed by atoms with Crippen LogP contribution in [-0.4, -0.2) is 25.8 Å². The molecule has 0 aliphatic heterocycles. The molecule has 1 N–H and O–H groups in total. The van der Waals surface area contributed by atoms with Crippen molar-refractivity contribution in [3.63, 3.8) is 0 Å². The molecule has 156 valence electrons. The zero-order valence-corrected chi connectivity index (χ0v) is 18.6. The van der Waals surface area contributed by atoms with Crippen molar-refractivity contribution in [2.45, 2.75) is 46.4 Å². The second-order valence-corrected chi connectivity index (χ2v) is 8.33. The Morgan fingerprint density at radius 2 is 1.83 bits per heavy atom. The summed E-state index contributed by atoms with van der Waals surface area (Å²) in [6.45, 7) is 6.41. The van der Waals surface area contributed by atoms with Gasteiger partial charge in [-0.2, -0.15) is 4.68 Å². The first-order chi connectivity index (χ1) is 14.5. The molecule has 2 aromatic carbocycles. The van der Waals surface area contributed by atoms with Gasteiger partial charge in [0.15, 0.2) is 6.67 Å². The molecule has 0 saturated heterocycles. The van der Waals surface area contributed by atoms with Crippen LogP contribution in [0.25, 0.3) is 16.7 Å². The molecule has 0 amide bonds. The molecule has 7 heteroatoms. The molecule has 2 aromatic heterocycles. The van der Waals surface area contributed by atoms with Crippen molar-refractivity contribution in [1.29, 1.82) is 0 Å². The van der Waals surface area contributed by atoms with Crippen LogP contribution < -0.4 is 10.5 Å². The number of unbranched alkanes of at least 4 members (excludes halogenated alkanes) is 1. The van der Waals surface area contributed by atoms with Gasteiger partial charge < -0.3 is 4.90 Å². The Bertz CT molecular complexity index is 1320. The van der Waals surface area contributed by atoms with Gasteiger partial charge in [-0.25, -0.2) is 0 Å². The molecule has 4 rings (SSSR count). The second-order valence-electron chi connectivity index (χ2n) is 7.96. The summed E-state index contributed by atoms with van der Waals surface area (Å²) in [6, 6.07) is 16.1. The topological polar surface area (TPSA) is 48.7 Å². The molecule has 30 heavy (non-hydrogen) atoms. The van der Waals surface area contributed by atoms with Crippen LogP contribution in [0.15, 0.2) is 53.3 Å². The Kier molecular flexibility index (Phi) is 5.83. The zero-order chi connectivity index (χ0) is 21.3. The van der Waals surface area contributed by atoms with Gasteiger partial charge in [0.25, 0.3) is 5.56 Å². The number of fused-ring (bicyclic) bond motifs is 3. The van der Waals surface area contributed by atoms with Crippen molar-refractivity contribution in [3.8, 4) is 0 Å². The molecule has 2 heterocycles. The van der Waals surface area contributed by atoms with Gasteiger partial charge in [-0.15, -0.1) is 5.10 Å². The number of nitrogens with one attached hydrogen (secondary N) is 1. The van der Waals surface area contributed by atoms with Crippen LogP contribution in [0.2, 0.25) is 0 Å². The molecule has 6 nitrogen and oxygen atoms in total. The summed E-state index contributed by atoms with van der Waals surface area (Å²) >= 11 is 5.81. The van der Waals surface area contributed by atoms with Crippen LogP contribution in [0.3, 0.4) is 0 Å². The fourth-order valence-electron chi connectivity index (χ4n) is 3.93. The van der Waals surface area contributed by atoms with E-state index in [1.54, 1.807) is 4.57 Å². The molecule has 4 aromatic rings. The normalized spacial score (nSPS) is 12.6. The van der Waals surface area contributed by atoms with Crippen molar-refractivity contribution in [2.75, 3.05) is 7.05 Å². The SMILES string of the molecule is CCCCn1c(=O)c2ccccc2n2c(=S)n(C[NH+](C)Cc3ccccc3C)nc12. The van der Waals surface area contributed by atoms with Gasteiger partial charge in [0.2, 0.25) is 10.5 Å². The number of para-hydroxylation sites is 1. The van der Waals surface area contributed by atoms with Crippen LogP contribution in [0.4, 0.5) is 0 Å². The number of quaternary nitrogens is 1. The summed E-state index contributed by atoms with van der Waals surface area (Å²) in [4.78, 5) is 14.4. The molecule has 0 radical (unpaired) electrons. The van der Waals surface area contributed by atoms with E-state index in [1.807, 2.05) is 33.3 Å². The lowest BCUT2D eigenvalue weighted by molar-refractivity contribution is -0.917. The van der Waals surface area contributed by atoms with E-state index in [1.165, 1.54) is 16.0 Å². The molecular weight excluding hydrogens is 394 g/mol. The highest BCUT2D eigenvalue weighted by Crippen LogP contribution is 2.14. The Labute approximate surface area is 181 Å². The number of hydrogen-bond acceptors (Lipinski definition) is 3. The quantitative estimate of drug-likeness (QED) is 0.466. The first-order valence-corrected chi connectivity index (χ1v) is 10.9. The maximum atomic E-state index is 13.1. The molecule has 0 aliphatic rings. The summed E-state index contributed by atoms with van der Waals surface area (Å²) in [7, 11) is 2.14. The second kappa shape index (κ2) is 8.53. The van der Waals surface area contributed by atoms with E-state index in [9.17, 15) is 4.79 Å². The Balaban J connectivity index is 1.79. The molecule has 0 spiro atoms. The summed E-state index contributed by atoms with van der Waals surface area (Å²) in [5.41, 5.74) is 3.42. The summed E-state index contributed by atoms with van der Waals surface area (Å²) in [5.74, 6) is 0.626. The van der Waals surface area contributed by atoms with Gasteiger partial charge in [-0.1, -0.05) is 49.7 Å². The number of aryl methyl sites for hydroxylation is 2. The molecule has 0 aliphatic carbocycles. The van der Waals surface area contributed by atoms with E-state index in [0.29, 0.717) is 29.1 Å². The maximum Gasteiger partial charge on any atom is 0.262 e. The fourth-order valence-corrected chi connectivity index (χ4v) is 4.22. The third-order valence-electron chi connectivity index (χ3n) is 5.59. The predicted molar refractivity (Wildman–Crippen MR) is 122 cm³/mol. The van der Waals surface area contributed by atoms with E-state index < -0.39 is 0 Å². The van der Waals surface area contributed by atoms with Crippen LogP contribution >= 0.6 is 12.2 Å². The van der Waals surface area contributed by atoms with Crippen LogP contribution in [0, 0.1) is 11.7 Å². The lowest BCUT2D eigenvalue weighted by Crippen LogP contribution is -3.07. The standard InChI is InChI=1S/C23H27N5OS/c1-4-5-14-26-21(29)19-12-8-9-13-20(19)28-22(26)24-27(23(28)30)16-25(3)15-18-11-7-6-10-17(18)2/h6-13H,4-5,14-16H2,1-3H3/p+1. The van der Waals surface area contributed by atoms with E-state index in [0.717, 1.165) is 24.9 Å². The summed E-state index contributed by atoms with van der Waals surface area (Å²) < 4.78 is 6.19. The molecule has 0 fully saturated rings. The van der Waals surface area contributed by atoms with Crippen molar-refractivity contribution in [2.24, 2.45) is 0 Å². The minimum absolute atomic E-state index is 0.000637. The molecule has 0 bridgehead atoms. The minimum Gasteiger partial charge on any atom is -0.315 e. The highest BCUT2D eigenvalue weighted by atomic mass is 32.1. The molecular formula is C23H28N5OS+. The van der Waals surface area contributed by atoms with E-state index in [2.05, 4.69) is 45.2 Å². The number of hydrogen-bond donors (Lipinski definition) is 1. The fraction of sp³-hybridized carbons (Fsp3) is 0.348. The number of nitrogens with zero attached hydrogens (tertiary/aromatic N) is 4. The van der Waals surface area contributed by atoms with Crippen molar-refractivity contribution < 1.29 is 4.90 Å². The molecule has 1 atom stereocenters. The minimum atomic E-state index is -0.000637. The Hall–Kier alpha value is -2.77. The lowest BCUT2D eigenvalue weighted by Gasteiger charge is -2.15. The van der Waals surface area contributed by atoms with Gasteiger partial charge in [-0.05, 0) is 43.3 Å². The number of aromatic nitrogens is 4. The smallest absolute Gasteiger partial charge is 0.262 e. The summed E-state index contributed by atoms with van der Waals surface area (Å²) in [5, 5.41) is 5.48. The van der Waals surface area contributed by atoms with Crippen LogP contribution in [0.5, 0.6) is 0 Å². The molecule has 1 unspecified atom stereocenters. The average molecular weight is 423 g/mol. The first kappa shape index (κ1) is 20.5. The van der Waals surface area contributed by atoms with Gasteiger partial charge in [0.1, 0.15) is 6.54 Å². The highest BCUT2D eigenvalue weighted by Gasteiger charge is 2.17. The van der Waals surface area contributed by atoms with Crippen molar-refractivity contribution >= 4 is 28.9 Å². The first-order valence-electron chi connectivity index (χ1n) is 10.5. The zero-order valence-electron chi connectivity index (χ0n) is 17.8. The van der Waals surface area contributed by atoms with Crippen molar-refractivity contribution in [3.05, 3.63) is 74.8 Å². The number of benzene rings is 2. The Morgan fingerprint density at radius 3 is 2.60 bits per heavy atom. The maximum absolute atomic E-state index is 13.1. The van der Waals surface area contributed by atoms with Gasteiger partial charge >= 0.3 is 0 Å². The molecule has 0 saturated carbocycles. The van der Waals surface area contributed by atoms with Crippen LogP contribution in [0.1, 0.15) is 30.9 Å². The predicted octanol–water partition coefficient (Wildman–Crippen LogP) is 2.96. The average Bonchev–Trinajstić information content (AvgIpc) is 3.05. The largest absolute Gasteiger partial charge is 0.315 e. The van der Waals surface area contributed by atoms with Gasteiger partial charge in [0.05, 0.1) is 18.0 Å². The number of rotatable bonds is 7. The van der Waals surface area contributed by atoms with Crippen molar-refractivity contribution in [1.82, 2.24) is 18.7 Å². The van der Waals surface area contributed by atoms with E-state index in [-0.39, 0.29) is 5.56 Å². The highest BCUT2D eigenvalue weighted by molar-refractivity contribution is 7.71. The summed E-state index contributed by atoms with van der Waals surface area (Å²) in [6.07, 6.45) is 1.93. The van der Waals surface area contributed by atoms with E-state index in [4.69, 9.17) is 17.3 Å².